The number of halogens is 4. The Labute approximate surface area is 163 Å². The summed E-state index contributed by atoms with van der Waals surface area (Å²) in [7, 11) is 0. The van der Waals surface area contributed by atoms with Gasteiger partial charge in [-0.2, -0.15) is 19.1 Å². The molecular formula is C19H16ClF3N4O. The minimum absolute atomic E-state index is 0.0282. The van der Waals surface area contributed by atoms with Crippen molar-refractivity contribution in [2.45, 2.75) is 12.6 Å². The van der Waals surface area contributed by atoms with Crippen molar-refractivity contribution in [1.29, 1.82) is 0 Å². The van der Waals surface area contributed by atoms with Crippen LogP contribution in [0.3, 0.4) is 0 Å². The molecule has 2 heterocycles. The minimum atomic E-state index is -4.23. The maximum atomic E-state index is 13.2. The van der Waals surface area contributed by atoms with E-state index in [0.29, 0.717) is 38.9 Å². The molecule has 0 amide bonds. The van der Waals surface area contributed by atoms with Gasteiger partial charge in [0.1, 0.15) is 5.82 Å². The Balaban J connectivity index is 1.86. The van der Waals surface area contributed by atoms with E-state index in [2.05, 4.69) is 9.97 Å². The van der Waals surface area contributed by atoms with Crippen molar-refractivity contribution in [2.24, 2.45) is 11.8 Å². The number of hydrogen-bond acceptors (Lipinski definition) is 5. The van der Waals surface area contributed by atoms with Gasteiger partial charge < -0.3 is 9.74 Å². The highest BCUT2D eigenvalue weighted by Crippen LogP contribution is 2.38. The molecule has 146 valence electrons. The van der Waals surface area contributed by atoms with E-state index in [1.165, 1.54) is 0 Å². The molecule has 0 saturated carbocycles. The van der Waals surface area contributed by atoms with Gasteiger partial charge in [0.25, 0.3) is 0 Å². The molecule has 0 aliphatic carbocycles. The lowest BCUT2D eigenvalue weighted by Gasteiger charge is -2.21. The fourth-order valence-corrected chi connectivity index (χ4v) is 3.59. The highest BCUT2D eigenvalue weighted by Gasteiger charge is 2.44. The second-order valence-corrected chi connectivity index (χ2v) is 7.06. The second kappa shape index (κ2) is 7.10. The first kappa shape index (κ1) is 18.8. The first-order valence-corrected chi connectivity index (χ1v) is 8.99. The minimum Gasteiger partial charge on any atom is -0.411 e. The summed E-state index contributed by atoms with van der Waals surface area (Å²) in [6, 6.07) is 12.0. The zero-order valence-corrected chi connectivity index (χ0v) is 15.3. The number of rotatable bonds is 3. The number of hydrogen-bond donors (Lipinski definition) is 1. The van der Waals surface area contributed by atoms with Crippen molar-refractivity contribution in [3.63, 3.8) is 0 Å². The Morgan fingerprint density at radius 3 is 2.64 bits per heavy atom. The standard InChI is InChI=1S/C19H16ClF3N4O/c20-12-5-6-13-15(9-12)25-17(14-3-1-2-4-16(14)28-24)26-18(13)27-8-7-11(10-27)19(21,22)23/h1-6,9,11H,7-8,10,24H2. The fraction of sp³-hybridized carbons (Fsp3) is 0.263. The summed E-state index contributed by atoms with van der Waals surface area (Å²) >= 11 is 6.10. The van der Waals surface area contributed by atoms with Crippen LogP contribution in [-0.2, 0) is 0 Å². The van der Waals surface area contributed by atoms with E-state index in [1.54, 1.807) is 47.4 Å². The summed E-state index contributed by atoms with van der Waals surface area (Å²) < 4.78 is 39.5. The van der Waals surface area contributed by atoms with Crippen LogP contribution in [0.1, 0.15) is 6.42 Å². The van der Waals surface area contributed by atoms with Crippen LogP contribution >= 0.6 is 11.6 Å². The lowest BCUT2D eigenvalue weighted by Crippen LogP contribution is -2.28. The van der Waals surface area contributed by atoms with Crippen molar-refractivity contribution < 1.29 is 18.0 Å². The molecule has 2 N–H and O–H groups in total. The number of nitrogens with two attached hydrogens (primary N) is 1. The molecule has 9 heteroatoms. The molecule has 1 fully saturated rings. The lowest BCUT2D eigenvalue weighted by atomic mass is 10.1. The summed E-state index contributed by atoms with van der Waals surface area (Å²) in [5, 5.41) is 1.11. The van der Waals surface area contributed by atoms with Gasteiger partial charge in [0, 0.05) is 23.5 Å². The van der Waals surface area contributed by atoms with Crippen molar-refractivity contribution in [3.8, 4) is 17.1 Å². The van der Waals surface area contributed by atoms with Crippen LogP contribution in [-0.4, -0.2) is 29.2 Å². The molecule has 0 spiro atoms. The molecule has 0 bridgehead atoms. The predicted molar refractivity (Wildman–Crippen MR) is 101 cm³/mol. The van der Waals surface area contributed by atoms with Crippen molar-refractivity contribution in [3.05, 3.63) is 47.5 Å². The van der Waals surface area contributed by atoms with Gasteiger partial charge in [-0.15, -0.1) is 0 Å². The van der Waals surface area contributed by atoms with E-state index in [-0.39, 0.29) is 19.5 Å². The number of para-hydroxylation sites is 1. The Morgan fingerprint density at radius 1 is 1.14 bits per heavy atom. The van der Waals surface area contributed by atoms with Gasteiger partial charge in [-0.25, -0.2) is 9.97 Å². The zero-order valence-electron chi connectivity index (χ0n) is 14.6. The summed E-state index contributed by atoms with van der Waals surface area (Å²) in [4.78, 5) is 15.7. The quantitative estimate of drug-likeness (QED) is 0.642. The first-order chi connectivity index (χ1) is 13.4. The molecule has 1 aliphatic rings. The smallest absolute Gasteiger partial charge is 0.393 e. The van der Waals surface area contributed by atoms with Gasteiger partial charge in [0.05, 0.1) is 17.0 Å². The van der Waals surface area contributed by atoms with Gasteiger partial charge in [-0.3, -0.25) is 0 Å². The Morgan fingerprint density at radius 2 is 1.93 bits per heavy atom. The topological polar surface area (TPSA) is 64.3 Å². The molecule has 0 radical (unpaired) electrons. The third kappa shape index (κ3) is 3.45. The monoisotopic (exact) mass is 408 g/mol. The SMILES string of the molecule is NOc1ccccc1-c1nc(N2CCC(C(F)(F)F)C2)c2ccc(Cl)cc2n1. The number of aromatic nitrogens is 2. The number of anilines is 1. The molecule has 3 aromatic rings. The van der Waals surface area contributed by atoms with Crippen LogP contribution < -0.4 is 15.6 Å². The highest BCUT2D eigenvalue weighted by molar-refractivity contribution is 6.31. The van der Waals surface area contributed by atoms with Gasteiger partial charge in [-0.05, 0) is 36.8 Å². The normalized spacial score (nSPS) is 17.3. The molecule has 1 atom stereocenters. The van der Waals surface area contributed by atoms with Crippen LogP contribution in [0.25, 0.3) is 22.3 Å². The Kier molecular flexibility index (Phi) is 4.76. The average molecular weight is 409 g/mol. The van der Waals surface area contributed by atoms with Gasteiger partial charge >= 0.3 is 6.18 Å². The van der Waals surface area contributed by atoms with Crippen LogP contribution in [0.5, 0.6) is 5.75 Å². The van der Waals surface area contributed by atoms with Gasteiger partial charge in [0.15, 0.2) is 11.6 Å². The van der Waals surface area contributed by atoms with Crippen molar-refractivity contribution >= 4 is 28.3 Å². The molecule has 1 aromatic heterocycles. The lowest BCUT2D eigenvalue weighted by molar-refractivity contribution is -0.168. The van der Waals surface area contributed by atoms with Crippen LogP contribution in [0, 0.1) is 5.92 Å². The highest BCUT2D eigenvalue weighted by atomic mass is 35.5. The van der Waals surface area contributed by atoms with E-state index < -0.39 is 12.1 Å². The maximum Gasteiger partial charge on any atom is 0.393 e. The molecule has 1 aliphatic heterocycles. The van der Waals surface area contributed by atoms with E-state index >= 15 is 0 Å². The van der Waals surface area contributed by atoms with Crippen LogP contribution in [0.2, 0.25) is 5.02 Å². The summed E-state index contributed by atoms with van der Waals surface area (Å²) in [6.07, 6.45) is -4.20. The molecule has 5 nitrogen and oxygen atoms in total. The molecular weight excluding hydrogens is 393 g/mol. The average Bonchev–Trinajstić information content (AvgIpc) is 3.17. The van der Waals surface area contributed by atoms with E-state index in [0.717, 1.165) is 0 Å². The summed E-state index contributed by atoms with van der Waals surface area (Å²) in [6.45, 7) is 0.111. The predicted octanol–water partition coefficient (Wildman–Crippen LogP) is 4.59. The molecule has 2 aromatic carbocycles. The van der Waals surface area contributed by atoms with Gasteiger partial charge in [0.2, 0.25) is 0 Å². The van der Waals surface area contributed by atoms with Gasteiger partial charge in [-0.1, -0.05) is 23.7 Å². The Bertz CT molecular complexity index is 1030. The number of fused-ring (bicyclic) bond motifs is 1. The summed E-state index contributed by atoms with van der Waals surface area (Å²) in [5.41, 5.74) is 1.08. The van der Waals surface area contributed by atoms with Crippen molar-refractivity contribution in [1.82, 2.24) is 9.97 Å². The third-order valence-corrected chi connectivity index (χ3v) is 5.08. The number of benzene rings is 2. The number of nitrogens with zero attached hydrogens (tertiary/aromatic N) is 3. The largest absolute Gasteiger partial charge is 0.411 e. The van der Waals surface area contributed by atoms with Crippen LogP contribution in [0.4, 0.5) is 19.0 Å². The van der Waals surface area contributed by atoms with Crippen molar-refractivity contribution in [2.75, 3.05) is 18.0 Å². The third-order valence-electron chi connectivity index (χ3n) is 4.84. The molecule has 1 unspecified atom stereocenters. The van der Waals surface area contributed by atoms with Crippen LogP contribution in [0.15, 0.2) is 42.5 Å². The van der Waals surface area contributed by atoms with E-state index in [1.807, 2.05) is 0 Å². The second-order valence-electron chi connectivity index (χ2n) is 6.62. The fourth-order valence-electron chi connectivity index (χ4n) is 3.42. The Hall–Kier alpha value is -2.58. The van der Waals surface area contributed by atoms with E-state index in [9.17, 15) is 13.2 Å². The zero-order chi connectivity index (χ0) is 19.9. The number of alkyl halides is 3. The molecule has 28 heavy (non-hydrogen) atoms. The first-order valence-electron chi connectivity index (χ1n) is 8.62. The maximum absolute atomic E-state index is 13.2. The summed E-state index contributed by atoms with van der Waals surface area (Å²) in [5.74, 6) is 5.07. The molecule has 4 rings (SSSR count). The molecule has 1 saturated heterocycles. The van der Waals surface area contributed by atoms with E-state index in [4.69, 9.17) is 22.3 Å².